The molecule has 0 aliphatic heterocycles. The van der Waals surface area contributed by atoms with Crippen LogP contribution in [0.4, 0.5) is 0 Å². The normalized spacial score (nSPS) is 16.3. The molecular formula is C10H15NO6S. The van der Waals surface area contributed by atoms with Gasteiger partial charge in [0.25, 0.3) is 10.1 Å². The molecule has 0 saturated carbocycles. The molecule has 8 heteroatoms. The lowest BCUT2D eigenvalue weighted by Crippen LogP contribution is -2.56. The smallest absolute Gasteiger partial charge is 0.328 e. The summed E-state index contributed by atoms with van der Waals surface area (Å²) in [6.07, 6.45) is 1.19. The molecule has 0 radical (unpaired) electrons. The van der Waals surface area contributed by atoms with E-state index in [2.05, 4.69) is 13.2 Å². The molecule has 0 fully saturated rings. The number of carboxylic acid groups (broad SMARTS) is 1. The van der Waals surface area contributed by atoms with E-state index in [-0.39, 0.29) is 6.42 Å². The summed E-state index contributed by atoms with van der Waals surface area (Å²) in [7, 11) is -5.07. The van der Waals surface area contributed by atoms with Crippen LogP contribution in [0.3, 0.4) is 0 Å². The Balaban J connectivity index is 6.14. The van der Waals surface area contributed by atoms with Crippen LogP contribution >= 0.6 is 0 Å². The van der Waals surface area contributed by atoms with E-state index in [9.17, 15) is 22.6 Å². The van der Waals surface area contributed by atoms with Gasteiger partial charge < -0.3 is 10.8 Å². The van der Waals surface area contributed by atoms with Gasteiger partial charge in [0.05, 0.1) is 5.92 Å². The van der Waals surface area contributed by atoms with E-state index in [0.29, 0.717) is 0 Å². The van der Waals surface area contributed by atoms with Gasteiger partial charge >= 0.3 is 5.97 Å². The van der Waals surface area contributed by atoms with Crippen LogP contribution in [0.1, 0.15) is 12.8 Å². The molecule has 0 spiro atoms. The zero-order chi connectivity index (χ0) is 14.6. The van der Waals surface area contributed by atoms with Gasteiger partial charge in [0.15, 0.2) is 0 Å². The Morgan fingerprint density at radius 2 is 1.83 bits per heavy atom. The fourth-order valence-corrected chi connectivity index (χ4v) is 2.81. The van der Waals surface area contributed by atoms with Crippen molar-refractivity contribution < 1.29 is 27.7 Å². The lowest BCUT2D eigenvalue weighted by atomic mass is 9.85. The molecule has 0 aromatic carbocycles. The first-order valence-corrected chi connectivity index (χ1v) is 6.30. The van der Waals surface area contributed by atoms with Crippen molar-refractivity contribution in [3.63, 3.8) is 0 Å². The fourth-order valence-electron chi connectivity index (χ4n) is 1.69. The number of carbonyl (C=O) groups is 2. The van der Waals surface area contributed by atoms with Crippen LogP contribution in [0.2, 0.25) is 0 Å². The van der Waals surface area contributed by atoms with Gasteiger partial charge in [-0.25, -0.2) is 0 Å². The number of primary amides is 1. The molecule has 18 heavy (non-hydrogen) atoms. The van der Waals surface area contributed by atoms with Gasteiger partial charge in [0.2, 0.25) is 10.7 Å². The van der Waals surface area contributed by atoms with Crippen molar-refractivity contribution >= 4 is 22.0 Å². The Bertz CT molecular complexity index is 469. The molecule has 0 rings (SSSR count). The maximum absolute atomic E-state index is 11.4. The summed E-state index contributed by atoms with van der Waals surface area (Å²) in [5.41, 5.74) is 5.01. The van der Waals surface area contributed by atoms with Crippen LogP contribution in [0.25, 0.3) is 0 Å². The SMILES string of the molecule is C=CCC(C(N)=O)C(CC=C)(C(=O)O)S(=O)(=O)O. The molecule has 0 aliphatic rings. The van der Waals surface area contributed by atoms with Crippen molar-refractivity contribution in [3.8, 4) is 0 Å². The maximum atomic E-state index is 11.4. The number of hydrogen-bond acceptors (Lipinski definition) is 4. The number of carboxylic acids is 1. The zero-order valence-corrected chi connectivity index (χ0v) is 10.4. The molecule has 4 N–H and O–H groups in total. The van der Waals surface area contributed by atoms with E-state index >= 15 is 0 Å². The zero-order valence-electron chi connectivity index (χ0n) is 9.57. The number of aliphatic carboxylic acids is 1. The summed E-state index contributed by atoms with van der Waals surface area (Å²) in [6.45, 7) is 6.52. The predicted molar refractivity (Wildman–Crippen MR) is 64.2 cm³/mol. The van der Waals surface area contributed by atoms with Gasteiger partial charge in [0.1, 0.15) is 0 Å². The number of allylic oxidation sites excluding steroid dienone is 2. The molecular weight excluding hydrogens is 262 g/mol. The molecule has 0 aromatic heterocycles. The Kier molecular flexibility index (Phi) is 5.25. The summed E-state index contributed by atoms with van der Waals surface area (Å²) in [4.78, 5) is 22.5. The second-order valence-corrected chi connectivity index (χ2v) is 5.32. The molecule has 0 aromatic rings. The van der Waals surface area contributed by atoms with Crippen LogP contribution in [-0.2, 0) is 19.7 Å². The fraction of sp³-hybridized carbons (Fsp3) is 0.400. The molecule has 1 amide bonds. The Morgan fingerprint density at radius 1 is 1.33 bits per heavy atom. The van der Waals surface area contributed by atoms with Gasteiger partial charge in [-0.2, -0.15) is 8.42 Å². The first-order valence-electron chi connectivity index (χ1n) is 4.86. The first kappa shape index (κ1) is 16.3. The Labute approximate surface area is 105 Å². The van der Waals surface area contributed by atoms with Gasteiger partial charge in [-0.05, 0) is 12.8 Å². The molecule has 2 atom stereocenters. The van der Waals surface area contributed by atoms with Crippen molar-refractivity contribution in [2.75, 3.05) is 0 Å². The molecule has 102 valence electrons. The van der Waals surface area contributed by atoms with Gasteiger partial charge in [0, 0.05) is 0 Å². The lowest BCUT2D eigenvalue weighted by Gasteiger charge is -2.30. The lowest BCUT2D eigenvalue weighted by molar-refractivity contribution is -0.144. The van der Waals surface area contributed by atoms with Crippen molar-refractivity contribution in [2.45, 2.75) is 17.6 Å². The summed E-state index contributed by atoms with van der Waals surface area (Å²) in [6, 6.07) is 0. The van der Waals surface area contributed by atoms with Gasteiger partial charge in [-0.3, -0.25) is 14.1 Å². The van der Waals surface area contributed by atoms with E-state index in [1.165, 1.54) is 0 Å². The average Bonchev–Trinajstić information content (AvgIpc) is 2.20. The molecule has 0 heterocycles. The second kappa shape index (κ2) is 5.78. The number of nitrogens with two attached hydrogens (primary N) is 1. The largest absolute Gasteiger partial charge is 0.480 e. The number of rotatable bonds is 8. The number of amides is 1. The highest BCUT2D eigenvalue weighted by Gasteiger charge is 2.57. The van der Waals surface area contributed by atoms with Crippen molar-refractivity contribution in [2.24, 2.45) is 11.7 Å². The van der Waals surface area contributed by atoms with E-state index < -0.39 is 39.1 Å². The number of hydrogen-bond donors (Lipinski definition) is 3. The molecule has 0 aliphatic carbocycles. The van der Waals surface area contributed by atoms with Crippen molar-refractivity contribution in [1.82, 2.24) is 0 Å². The monoisotopic (exact) mass is 277 g/mol. The molecule has 0 saturated heterocycles. The van der Waals surface area contributed by atoms with Crippen molar-refractivity contribution in [3.05, 3.63) is 25.3 Å². The van der Waals surface area contributed by atoms with Gasteiger partial charge in [-0.1, -0.05) is 12.2 Å². The van der Waals surface area contributed by atoms with E-state index in [4.69, 9.17) is 10.8 Å². The van der Waals surface area contributed by atoms with E-state index in [0.717, 1.165) is 12.2 Å². The highest BCUT2D eigenvalue weighted by molar-refractivity contribution is 7.88. The van der Waals surface area contributed by atoms with Crippen LogP contribution in [0, 0.1) is 5.92 Å². The second-order valence-electron chi connectivity index (χ2n) is 3.64. The minimum atomic E-state index is -5.07. The highest BCUT2D eigenvalue weighted by Crippen LogP contribution is 2.33. The quantitative estimate of drug-likeness (QED) is 0.420. The Hall–Kier alpha value is -1.67. The summed E-state index contributed by atoms with van der Waals surface area (Å²) < 4.78 is 29.2. The maximum Gasteiger partial charge on any atom is 0.328 e. The molecule has 2 unspecified atom stereocenters. The summed E-state index contributed by atoms with van der Waals surface area (Å²) >= 11 is 0. The summed E-state index contributed by atoms with van der Waals surface area (Å²) in [5.74, 6) is -4.66. The van der Waals surface area contributed by atoms with Gasteiger partial charge in [-0.15, -0.1) is 13.2 Å². The average molecular weight is 277 g/mol. The van der Waals surface area contributed by atoms with Crippen LogP contribution in [0.5, 0.6) is 0 Å². The third-order valence-electron chi connectivity index (χ3n) is 2.58. The molecule has 0 bridgehead atoms. The minimum Gasteiger partial charge on any atom is -0.480 e. The predicted octanol–water partition coefficient (Wildman–Crippen LogP) is -0.0487. The molecule has 7 nitrogen and oxygen atoms in total. The third-order valence-corrected chi connectivity index (χ3v) is 4.13. The topological polar surface area (TPSA) is 135 Å². The van der Waals surface area contributed by atoms with Crippen LogP contribution in [0.15, 0.2) is 25.3 Å². The highest BCUT2D eigenvalue weighted by atomic mass is 32.2. The standard InChI is InChI=1S/C10H15NO6S/c1-3-5-7(8(11)12)10(6-4-2,9(13)14)18(15,16)17/h3-4,7H,1-2,5-6H2,(H2,11,12)(H,13,14)(H,15,16,17). The summed E-state index contributed by atoms with van der Waals surface area (Å²) in [5, 5.41) is 9.11. The Morgan fingerprint density at radius 3 is 2.06 bits per heavy atom. The third kappa shape index (κ3) is 2.77. The number of carbonyl (C=O) groups excluding carboxylic acids is 1. The van der Waals surface area contributed by atoms with Crippen molar-refractivity contribution in [1.29, 1.82) is 0 Å². The van der Waals surface area contributed by atoms with Crippen LogP contribution < -0.4 is 5.73 Å². The van der Waals surface area contributed by atoms with Crippen LogP contribution in [-0.4, -0.2) is 34.7 Å². The first-order chi connectivity index (χ1) is 8.15. The van der Waals surface area contributed by atoms with E-state index in [1.807, 2.05) is 0 Å². The minimum absolute atomic E-state index is 0.296. The van der Waals surface area contributed by atoms with E-state index in [1.54, 1.807) is 0 Å².